The van der Waals surface area contributed by atoms with Gasteiger partial charge >= 0.3 is 0 Å². The molecular formula is C13H12ClN3O2. The fourth-order valence-corrected chi connectivity index (χ4v) is 2.10. The van der Waals surface area contributed by atoms with Gasteiger partial charge in [0, 0.05) is 12.1 Å². The lowest BCUT2D eigenvalue weighted by Gasteiger charge is -2.09. The van der Waals surface area contributed by atoms with Crippen LogP contribution in [-0.2, 0) is 4.79 Å². The van der Waals surface area contributed by atoms with Crippen LogP contribution >= 0.6 is 11.6 Å². The Morgan fingerprint density at radius 3 is 2.89 bits per heavy atom. The summed E-state index contributed by atoms with van der Waals surface area (Å²) in [6.45, 7) is 1.71. The number of halogens is 1. The van der Waals surface area contributed by atoms with Gasteiger partial charge in [0.1, 0.15) is 11.3 Å². The summed E-state index contributed by atoms with van der Waals surface area (Å²) >= 11 is 5.87. The molecule has 19 heavy (non-hydrogen) atoms. The van der Waals surface area contributed by atoms with Gasteiger partial charge in [0.2, 0.25) is 5.91 Å². The minimum Gasteiger partial charge on any atom is -0.320 e. The Morgan fingerprint density at radius 2 is 2.21 bits per heavy atom. The number of fused-ring (bicyclic) bond motifs is 1. The number of carbonyl (C=O) groups excluding carboxylic acids is 1. The summed E-state index contributed by atoms with van der Waals surface area (Å²) in [7, 11) is 0. The van der Waals surface area contributed by atoms with E-state index in [1.807, 2.05) is 0 Å². The predicted octanol–water partition coefficient (Wildman–Crippen LogP) is 2.00. The molecule has 0 atom stereocenters. The van der Waals surface area contributed by atoms with E-state index in [1.54, 1.807) is 19.1 Å². The number of rotatable bonds is 2. The van der Waals surface area contributed by atoms with E-state index in [0.29, 0.717) is 16.4 Å². The molecule has 1 aliphatic carbocycles. The third kappa shape index (κ3) is 2.21. The van der Waals surface area contributed by atoms with Gasteiger partial charge in [0.15, 0.2) is 0 Å². The quantitative estimate of drug-likeness (QED) is 0.913. The molecule has 0 spiro atoms. The Morgan fingerprint density at radius 1 is 1.47 bits per heavy atom. The first-order chi connectivity index (χ1) is 9.06. The first-order valence-corrected chi connectivity index (χ1v) is 6.43. The van der Waals surface area contributed by atoms with Crippen molar-refractivity contribution in [3.8, 4) is 0 Å². The number of aryl methyl sites for hydroxylation is 1. The number of anilines is 1. The SMILES string of the molecule is Cc1nc2ccc(Cl)cn2c(=O)c1NC(=O)C1CC1. The summed E-state index contributed by atoms with van der Waals surface area (Å²) in [5, 5.41) is 3.12. The van der Waals surface area contributed by atoms with Gasteiger partial charge in [-0.3, -0.25) is 14.0 Å². The summed E-state index contributed by atoms with van der Waals surface area (Å²) < 4.78 is 1.35. The van der Waals surface area contributed by atoms with Crippen LogP contribution < -0.4 is 10.9 Å². The van der Waals surface area contributed by atoms with E-state index in [2.05, 4.69) is 10.3 Å². The summed E-state index contributed by atoms with van der Waals surface area (Å²) in [5.41, 5.74) is 0.952. The molecule has 0 aromatic carbocycles. The van der Waals surface area contributed by atoms with Crippen molar-refractivity contribution in [3.63, 3.8) is 0 Å². The Kier molecular flexibility index (Phi) is 2.78. The van der Waals surface area contributed by atoms with E-state index >= 15 is 0 Å². The lowest BCUT2D eigenvalue weighted by molar-refractivity contribution is -0.117. The van der Waals surface area contributed by atoms with Gasteiger partial charge in [-0.1, -0.05) is 11.6 Å². The van der Waals surface area contributed by atoms with Crippen molar-refractivity contribution < 1.29 is 4.79 Å². The lowest BCUT2D eigenvalue weighted by atomic mass is 10.3. The topological polar surface area (TPSA) is 63.5 Å². The standard InChI is InChI=1S/C13H12ClN3O2/c1-7-11(16-12(18)8-2-3-8)13(19)17-6-9(14)4-5-10(17)15-7/h4-6,8H,2-3H2,1H3,(H,16,18). The Bertz CT molecular complexity index is 734. The van der Waals surface area contributed by atoms with Crippen molar-refractivity contribution in [2.75, 3.05) is 5.32 Å². The summed E-state index contributed by atoms with van der Waals surface area (Å²) in [5.74, 6) is -0.0668. The molecule has 1 aliphatic rings. The third-order valence-electron chi connectivity index (χ3n) is 3.16. The fraction of sp³-hybridized carbons (Fsp3) is 0.308. The van der Waals surface area contributed by atoms with E-state index in [9.17, 15) is 9.59 Å². The number of amides is 1. The van der Waals surface area contributed by atoms with Gasteiger partial charge in [-0.05, 0) is 31.9 Å². The molecule has 1 saturated carbocycles. The van der Waals surface area contributed by atoms with Crippen LogP contribution in [0.2, 0.25) is 5.02 Å². The van der Waals surface area contributed by atoms with Gasteiger partial charge in [-0.15, -0.1) is 0 Å². The van der Waals surface area contributed by atoms with Gasteiger partial charge < -0.3 is 5.32 Å². The second-order valence-electron chi connectivity index (χ2n) is 4.72. The molecule has 1 fully saturated rings. The second-order valence-corrected chi connectivity index (χ2v) is 5.15. The van der Waals surface area contributed by atoms with Crippen molar-refractivity contribution in [1.29, 1.82) is 0 Å². The average Bonchev–Trinajstić information content (AvgIpc) is 3.19. The number of hydrogen-bond acceptors (Lipinski definition) is 3. The molecule has 0 saturated heterocycles. The maximum absolute atomic E-state index is 12.3. The van der Waals surface area contributed by atoms with Gasteiger partial charge in [-0.25, -0.2) is 4.98 Å². The van der Waals surface area contributed by atoms with Crippen LogP contribution in [0.1, 0.15) is 18.5 Å². The Labute approximate surface area is 114 Å². The third-order valence-corrected chi connectivity index (χ3v) is 3.39. The number of carbonyl (C=O) groups is 1. The molecular weight excluding hydrogens is 266 g/mol. The smallest absolute Gasteiger partial charge is 0.281 e. The first kappa shape index (κ1) is 12.2. The van der Waals surface area contributed by atoms with E-state index in [4.69, 9.17) is 11.6 Å². The molecule has 98 valence electrons. The van der Waals surface area contributed by atoms with E-state index < -0.39 is 0 Å². The summed E-state index contributed by atoms with van der Waals surface area (Å²) in [4.78, 5) is 28.4. The normalized spacial score (nSPS) is 14.6. The van der Waals surface area contributed by atoms with Crippen molar-refractivity contribution in [3.05, 3.63) is 39.4 Å². The Hall–Kier alpha value is -1.88. The zero-order valence-corrected chi connectivity index (χ0v) is 11.1. The zero-order valence-electron chi connectivity index (χ0n) is 10.3. The summed E-state index contributed by atoms with van der Waals surface area (Å²) in [6.07, 6.45) is 3.27. The van der Waals surface area contributed by atoms with Gasteiger partial charge in [0.05, 0.1) is 10.7 Å². The number of hydrogen-bond donors (Lipinski definition) is 1. The minimum atomic E-state index is -0.306. The maximum Gasteiger partial charge on any atom is 0.281 e. The monoisotopic (exact) mass is 277 g/mol. The Balaban J connectivity index is 2.12. The molecule has 0 aliphatic heterocycles. The molecule has 5 nitrogen and oxygen atoms in total. The zero-order chi connectivity index (χ0) is 13.6. The van der Waals surface area contributed by atoms with Crippen molar-refractivity contribution in [2.45, 2.75) is 19.8 Å². The van der Waals surface area contributed by atoms with E-state index in [-0.39, 0.29) is 23.1 Å². The average molecular weight is 278 g/mol. The highest BCUT2D eigenvalue weighted by molar-refractivity contribution is 6.30. The molecule has 0 unspecified atom stereocenters. The van der Waals surface area contributed by atoms with Gasteiger partial charge in [-0.2, -0.15) is 0 Å². The van der Waals surface area contributed by atoms with Crippen LogP contribution in [0.3, 0.4) is 0 Å². The van der Waals surface area contributed by atoms with Crippen LogP contribution in [0.15, 0.2) is 23.1 Å². The molecule has 2 aromatic rings. The molecule has 1 amide bonds. The predicted molar refractivity (Wildman–Crippen MR) is 72.6 cm³/mol. The van der Waals surface area contributed by atoms with Crippen molar-refractivity contribution in [1.82, 2.24) is 9.38 Å². The largest absolute Gasteiger partial charge is 0.320 e. The molecule has 6 heteroatoms. The van der Waals surface area contributed by atoms with Crippen LogP contribution in [0.4, 0.5) is 5.69 Å². The van der Waals surface area contributed by atoms with Crippen LogP contribution in [0.5, 0.6) is 0 Å². The van der Waals surface area contributed by atoms with Crippen molar-refractivity contribution in [2.24, 2.45) is 5.92 Å². The minimum absolute atomic E-state index is 0.0406. The first-order valence-electron chi connectivity index (χ1n) is 6.05. The number of nitrogens with zero attached hydrogens (tertiary/aromatic N) is 2. The second kappa shape index (κ2) is 4.35. The van der Waals surface area contributed by atoms with Crippen molar-refractivity contribution >= 4 is 28.8 Å². The number of nitrogens with one attached hydrogen (secondary N) is 1. The van der Waals surface area contributed by atoms with Gasteiger partial charge in [0.25, 0.3) is 5.56 Å². The highest BCUT2D eigenvalue weighted by Crippen LogP contribution is 2.30. The van der Waals surface area contributed by atoms with E-state index in [0.717, 1.165) is 12.8 Å². The molecule has 3 rings (SSSR count). The summed E-state index contributed by atoms with van der Waals surface area (Å²) in [6, 6.07) is 3.34. The van der Waals surface area contributed by atoms with E-state index in [1.165, 1.54) is 10.6 Å². The van der Waals surface area contributed by atoms with Crippen LogP contribution in [-0.4, -0.2) is 15.3 Å². The molecule has 2 aromatic heterocycles. The molecule has 0 radical (unpaired) electrons. The van der Waals surface area contributed by atoms with Crippen LogP contribution in [0.25, 0.3) is 5.65 Å². The molecule has 2 heterocycles. The highest BCUT2D eigenvalue weighted by atomic mass is 35.5. The molecule has 0 bridgehead atoms. The maximum atomic E-state index is 12.3. The molecule has 1 N–H and O–H groups in total. The number of pyridine rings is 1. The fourth-order valence-electron chi connectivity index (χ4n) is 1.94. The van der Waals surface area contributed by atoms with Crippen LogP contribution in [0, 0.1) is 12.8 Å². The number of aromatic nitrogens is 2. The lowest BCUT2D eigenvalue weighted by Crippen LogP contribution is -2.25. The highest BCUT2D eigenvalue weighted by Gasteiger charge is 2.30.